The molecule has 0 spiro atoms. The molecule has 0 aliphatic rings. The average Bonchev–Trinajstić information content (AvgIpc) is 1.65. The molecule has 0 heterocycles. The van der Waals surface area contributed by atoms with Crippen molar-refractivity contribution in [1.82, 2.24) is 0 Å². The van der Waals surface area contributed by atoms with E-state index in [1.807, 2.05) is 13.8 Å². The third-order valence-corrected chi connectivity index (χ3v) is 1.36. The van der Waals surface area contributed by atoms with E-state index in [1.54, 1.807) is 0 Å². The topological polar surface area (TPSA) is 0 Å². The second-order valence-electron chi connectivity index (χ2n) is 1.31. The Morgan fingerprint density at radius 3 is 2.33 bits per heavy atom. The predicted octanol–water partition coefficient (Wildman–Crippen LogP) is 2.40. The SMILES string of the molecule is CC[C@@H](C)SF. The van der Waals surface area contributed by atoms with Crippen LogP contribution in [0.1, 0.15) is 20.3 Å². The number of hydrogen-bond donors (Lipinski definition) is 0. The summed E-state index contributed by atoms with van der Waals surface area (Å²) >= 11 is 0.425. The molecule has 0 amide bonds. The summed E-state index contributed by atoms with van der Waals surface area (Å²) in [5.74, 6) is 0. The van der Waals surface area contributed by atoms with Crippen LogP contribution in [-0.2, 0) is 0 Å². The third-order valence-electron chi connectivity index (χ3n) is 0.727. The fraction of sp³-hybridized carbons (Fsp3) is 1.00. The molecular formula is C4H9FS. The maximum atomic E-state index is 11.3. The van der Waals surface area contributed by atoms with Gasteiger partial charge in [-0.1, -0.05) is 13.8 Å². The first-order valence-corrected chi connectivity index (χ1v) is 2.86. The third kappa shape index (κ3) is 2.51. The van der Waals surface area contributed by atoms with Crippen molar-refractivity contribution < 1.29 is 3.89 Å². The van der Waals surface area contributed by atoms with Crippen molar-refractivity contribution in [3.8, 4) is 0 Å². The van der Waals surface area contributed by atoms with E-state index >= 15 is 0 Å². The van der Waals surface area contributed by atoms with Crippen LogP contribution in [0.15, 0.2) is 0 Å². The summed E-state index contributed by atoms with van der Waals surface area (Å²) in [6.45, 7) is 3.84. The van der Waals surface area contributed by atoms with E-state index in [4.69, 9.17) is 0 Å². The van der Waals surface area contributed by atoms with Gasteiger partial charge < -0.3 is 0 Å². The standard InChI is InChI=1S/C4H9FS/c1-3-4(2)6-5/h4H,3H2,1-2H3/t4-/m1/s1. The normalized spacial score (nSPS) is 14.5. The van der Waals surface area contributed by atoms with Gasteiger partial charge in [0.2, 0.25) is 0 Å². The fourth-order valence-electron chi connectivity index (χ4n) is 0.0630. The molecule has 0 fully saturated rings. The van der Waals surface area contributed by atoms with Crippen molar-refractivity contribution in [3.63, 3.8) is 0 Å². The smallest absolute Gasteiger partial charge is 0.0474 e. The highest BCUT2D eigenvalue weighted by molar-refractivity contribution is 7.94. The second-order valence-corrected chi connectivity index (χ2v) is 2.29. The maximum absolute atomic E-state index is 11.3. The number of halogens is 1. The van der Waals surface area contributed by atoms with Gasteiger partial charge in [0.15, 0.2) is 0 Å². The van der Waals surface area contributed by atoms with Gasteiger partial charge in [-0.25, -0.2) is 0 Å². The summed E-state index contributed by atoms with van der Waals surface area (Å²) in [5, 5.41) is 0.185. The fourth-order valence-corrected chi connectivity index (χ4v) is 0.189. The lowest BCUT2D eigenvalue weighted by atomic mass is 10.4. The zero-order valence-corrected chi connectivity index (χ0v) is 4.89. The monoisotopic (exact) mass is 108 g/mol. The quantitative estimate of drug-likeness (QED) is 0.523. The Morgan fingerprint density at radius 1 is 1.83 bits per heavy atom. The van der Waals surface area contributed by atoms with Gasteiger partial charge in [0.25, 0.3) is 0 Å². The summed E-state index contributed by atoms with van der Waals surface area (Å²) in [6, 6.07) is 0. The minimum Gasteiger partial charge on any atom is -0.165 e. The minimum atomic E-state index is 0.185. The molecule has 0 bridgehead atoms. The summed E-state index contributed by atoms with van der Waals surface area (Å²) in [7, 11) is 0. The maximum Gasteiger partial charge on any atom is 0.0474 e. The van der Waals surface area contributed by atoms with Crippen LogP contribution in [-0.4, -0.2) is 5.25 Å². The highest BCUT2D eigenvalue weighted by Crippen LogP contribution is 2.12. The van der Waals surface area contributed by atoms with Gasteiger partial charge in [-0.05, 0) is 6.42 Å². The van der Waals surface area contributed by atoms with E-state index in [9.17, 15) is 3.89 Å². The number of hydrogen-bond acceptors (Lipinski definition) is 1. The Labute approximate surface area is 42.4 Å². The van der Waals surface area contributed by atoms with Crippen LogP contribution in [0.3, 0.4) is 0 Å². The summed E-state index contributed by atoms with van der Waals surface area (Å²) in [6.07, 6.45) is 0.918. The summed E-state index contributed by atoms with van der Waals surface area (Å²) < 4.78 is 11.3. The van der Waals surface area contributed by atoms with Gasteiger partial charge in [-0.3, -0.25) is 0 Å². The van der Waals surface area contributed by atoms with Crippen LogP contribution >= 0.6 is 12.1 Å². The molecule has 0 saturated heterocycles. The Hall–Kier alpha value is 0.280. The summed E-state index contributed by atoms with van der Waals surface area (Å²) in [4.78, 5) is 0. The lowest BCUT2D eigenvalue weighted by molar-refractivity contribution is 0.844. The average molecular weight is 108 g/mol. The molecule has 0 aromatic carbocycles. The largest absolute Gasteiger partial charge is 0.165 e. The molecule has 2 heteroatoms. The molecule has 38 valence electrons. The van der Waals surface area contributed by atoms with E-state index in [-0.39, 0.29) is 5.25 Å². The molecule has 0 saturated carbocycles. The van der Waals surface area contributed by atoms with E-state index in [0.717, 1.165) is 6.42 Å². The molecule has 0 rings (SSSR count). The molecule has 0 unspecified atom stereocenters. The van der Waals surface area contributed by atoms with Gasteiger partial charge in [0.05, 0.1) is 0 Å². The molecule has 0 nitrogen and oxygen atoms in total. The van der Waals surface area contributed by atoms with Crippen molar-refractivity contribution in [2.45, 2.75) is 25.5 Å². The van der Waals surface area contributed by atoms with Crippen LogP contribution in [0, 0.1) is 0 Å². The van der Waals surface area contributed by atoms with E-state index in [0.29, 0.717) is 12.1 Å². The van der Waals surface area contributed by atoms with Crippen LogP contribution in [0.2, 0.25) is 0 Å². The highest BCUT2D eigenvalue weighted by Gasteiger charge is 1.93. The van der Waals surface area contributed by atoms with E-state index in [1.165, 1.54) is 0 Å². The molecular weight excluding hydrogens is 99.1 g/mol. The van der Waals surface area contributed by atoms with Gasteiger partial charge in [0.1, 0.15) is 0 Å². The van der Waals surface area contributed by atoms with Gasteiger partial charge in [0, 0.05) is 17.4 Å². The van der Waals surface area contributed by atoms with Crippen molar-refractivity contribution in [3.05, 3.63) is 0 Å². The first-order valence-electron chi connectivity index (χ1n) is 2.08. The number of rotatable bonds is 2. The van der Waals surface area contributed by atoms with Crippen LogP contribution in [0.5, 0.6) is 0 Å². The van der Waals surface area contributed by atoms with Crippen LogP contribution in [0.25, 0.3) is 0 Å². The van der Waals surface area contributed by atoms with Gasteiger partial charge in [-0.2, -0.15) is 3.89 Å². The van der Waals surface area contributed by atoms with Gasteiger partial charge >= 0.3 is 0 Å². The molecule has 0 radical (unpaired) electrons. The molecule has 6 heavy (non-hydrogen) atoms. The zero-order chi connectivity index (χ0) is 4.99. The molecule has 0 aliphatic heterocycles. The Kier molecular flexibility index (Phi) is 3.63. The molecule has 1 atom stereocenters. The summed E-state index contributed by atoms with van der Waals surface area (Å²) in [5.41, 5.74) is 0. The van der Waals surface area contributed by atoms with Crippen molar-refractivity contribution >= 4 is 12.1 Å². The van der Waals surface area contributed by atoms with Crippen molar-refractivity contribution in [1.29, 1.82) is 0 Å². The van der Waals surface area contributed by atoms with Gasteiger partial charge in [-0.15, -0.1) is 0 Å². The van der Waals surface area contributed by atoms with E-state index < -0.39 is 0 Å². The first-order chi connectivity index (χ1) is 2.81. The molecule has 0 N–H and O–H groups in total. The van der Waals surface area contributed by atoms with Crippen molar-refractivity contribution in [2.75, 3.05) is 0 Å². The highest BCUT2D eigenvalue weighted by atomic mass is 32.2. The van der Waals surface area contributed by atoms with E-state index in [2.05, 4.69) is 0 Å². The zero-order valence-electron chi connectivity index (χ0n) is 4.07. The Morgan fingerprint density at radius 2 is 2.33 bits per heavy atom. The first kappa shape index (κ1) is 6.28. The lowest BCUT2D eigenvalue weighted by Gasteiger charge is -1.94. The van der Waals surface area contributed by atoms with Crippen molar-refractivity contribution in [2.24, 2.45) is 0 Å². The predicted molar refractivity (Wildman–Crippen MR) is 28.5 cm³/mol. The van der Waals surface area contributed by atoms with Crippen LogP contribution < -0.4 is 0 Å². The Balaban J connectivity index is 2.75. The molecule has 0 aromatic heterocycles. The van der Waals surface area contributed by atoms with Crippen LogP contribution in [0.4, 0.5) is 3.89 Å². The molecule has 0 aliphatic carbocycles. The lowest BCUT2D eigenvalue weighted by Crippen LogP contribution is -1.86. The Bertz CT molecular complexity index is 26.7. The molecule has 0 aromatic rings. The second kappa shape index (κ2) is 3.47. The minimum absolute atomic E-state index is 0.185.